The van der Waals surface area contributed by atoms with E-state index in [0.717, 1.165) is 12.8 Å². The van der Waals surface area contributed by atoms with E-state index >= 15 is 0 Å². The number of piperazine rings is 1. The van der Waals surface area contributed by atoms with Crippen LogP contribution in [0.1, 0.15) is 37.0 Å². The Hall–Kier alpha value is -1.55. The standard InChI is InChI=1S/C17H23ClN2O2/c1-3-4-13(2)16(21)19-9-11-20(12-10-19)17(22)14-5-7-15(18)8-6-14/h5-8,13H,3-4,9-12H2,1-2H3. The summed E-state index contributed by atoms with van der Waals surface area (Å²) in [5.74, 6) is 0.286. The first kappa shape index (κ1) is 16.8. The molecule has 22 heavy (non-hydrogen) atoms. The minimum atomic E-state index is 0.00497. The third-order valence-electron chi connectivity index (χ3n) is 4.11. The second kappa shape index (κ2) is 7.63. The smallest absolute Gasteiger partial charge is 0.253 e. The Labute approximate surface area is 137 Å². The highest BCUT2D eigenvalue weighted by Crippen LogP contribution is 2.15. The molecular weight excluding hydrogens is 300 g/mol. The number of carbonyl (C=O) groups is 2. The Morgan fingerprint density at radius 3 is 2.18 bits per heavy atom. The van der Waals surface area contributed by atoms with Crippen LogP contribution in [0.15, 0.2) is 24.3 Å². The molecular formula is C17H23ClN2O2. The molecule has 0 radical (unpaired) electrons. The summed E-state index contributed by atoms with van der Waals surface area (Å²) in [6.45, 7) is 6.49. The molecule has 0 bridgehead atoms. The molecule has 0 saturated carbocycles. The second-order valence-corrected chi connectivity index (χ2v) is 6.25. The predicted octanol–water partition coefficient (Wildman–Crippen LogP) is 3.06. The number of nitrogens with zero attached hydrogens (tertiary/aromatic N) is 2. The van der Waals surface area contributed by atoms with Crippen LogP contribution in [0, 0.1) is 5.92 Å². The van der Waals surface area contributed by atoms with Gasteiger partial charge in [-0.3, -0.25) is 9.59 Å². The van der Waals surface area contributed by atoms with E-state index in [1.807, 2.05) is 11.8 Å². The van der Waals surface area contributed by atoms with Gasteiger partial charge in [-0.2, -0.15) is 0 Å². The Kier molecular flexibility index (Phi) is 5.83. The van der Waals surface area contributed by atoms with Crippen LogP contribution in [-0.4, -0.2) is 47.8 Å². The van der Waals surface area contributed by atoms with E-state index in [2.05, 4.69) is 6.92 Å². The number of amides is 2. The van der Waals surface area contributed by atoms with Crippen molar-refractivity contribution in [2.24, 2.45) is 5.92 Å². The highest BCUT2D eigenvalue weighted by Gasteiger charge is 2.26. The monoisotopic (exact) mass is 322 g/mol. The molecule has 1 fully saturated rings. The highest BCUT2D eigenvalue weighted by molar-refractivity contribution is 6.30. The predicted molar refractivity (Wildman–Crippen MR) is 88.0 cm³/mol. The van der Waals surface area contributed by atoms with Gasteiger partial charge in [0, 0.05) is 42.7 Å². The quantitative estimate of drug-likeness (QED) is 0.854. The van der Waals surface area contributed by atoms with Gasteiger partial charge < -0.3 is 9.80 Å². The van der Waals surface area contributed by atoms with Gasteiger partial charge in [0.2, 0.25) is 5.91 Å². The van der Waals surface area contributed by atoms with E-state index in [0.29, 0.717) is 36.8 Å². The second-order valence-electron chi connectivity index (χ2n) is 5.81. The first-order valence-electron chi connectivity index (χ1n) is 7.86. The lowest BCUT2D eigenvalue weighted by atomic mass is 10.0. The largest absolute Gasteiger partial charge is 0.339 e. The molecule has 5 heteroatoms. The van der Waals surface area contributed by atoms with E-state index < -0.39 is 0 Å². The third kappa shape index (κ3) is 4.01. The maximum absolute atomic E-state index is 12.4. The fourth-order valence-corrected chi connectivity index (χ4v) is 2.90. The summed E-state index contributed by atoms with van der Waals surface area (Å²) in [6, 6.07) is 6.93. The van der Waals surface area contributed by atoms with Crippen molar-refractivity contribution in [3.05, 3.63) is 34.9 Å². The number of hydrogen-bond acceptors (Lipinski definition) is 2. The number of hydrogen-bond donors (Lipinski definition) is 0. The molecule has 0 aromatic heterocycles. The van der Waals surface area contributed by atoms with Crippen molar-refractivity contribution >= 4 is 23.4 Å². The molecule has 1 aliphatic rings. The summed E-state index contributed by atoms with van der Waals surface area (Å²) in [7, 11) is 0. The van der Waals surface area contributed by atoms with Gasteiger partial charge >= 0.3 is 0 Å². The SMILES string of the molecule is CCCC(C)C(=O)N1CCN(C(=O)c2ccc(Cl)cc2)CC1. The summed E-state index contributed by atoms with van der Waals surface area (Å²) in [5.41, 5.74) is 0.642. The van der Waals surface area contributed by atoms with Crippen molar-refractivity contribution in [3.63, 3.8) is 0 Å². The number of rotatable bonds is 4. The van der Waals surface area contributed by atoms with Crippen LogP contribution < -0.4 is 0 Å². The Balaban J connectivity index is 1.90. The van der Waals surface area contributed by atoms with Gasteiger partial charge in [0.25, 0.3) is 5.91 Å². The van der Waals surface area contributed by atoms with Crippen molar-refractivity contribution in [1.29, 1.82) is 0 Å². The van der Waals surface area contributed by atoms with E-state index in [1.165, 1.54) is 0 Å². The molecule has 1 heterocycles. The van der Waals surface area contributed by atoms with Gasteiger partial charge in [-0.25, -0.2) is 0 Å². The zero-order chi connectivity index (χ0) is 16.1. The van der Waals surface area contributed by atoms with E-state index in [-0.39, 0.29) is 17.7 Å². The van der Waals surface area contributed by atoms with Crippen LogP contribution in [-0.2, 0) is 4.79 Å². The van der Waals surface area contributed by atoms with E-state index in [1.54, 1.807) is 29.2 Å². The van der Waals surface area contributed by atoms with Crippen molar-refractivity contribution in [2.45, 2.75) is 26.7 Å². The molecule has 2 rings (SSSR count). The lowest BCUT2D eigenvalue weighted by molar-refractivity contribution is -0.136. The minimum absolute atomic E-state index is 0.00497. The lowest BCUT2D eigenvalue weighted by Crippen LogP contribution is -2.51. The highest BCUT2D eigenvalue weighted by atomic mass is 35.5. The topological polar surface area (TPSA) is 40.6 Å². The van der Waals surface area contributed by atoms with Crippen molar-refractivity contribution in [1.82, 2.24) is 9.80 Å². The molecule has 1 aliphatic heterocycles. The molecule has 2 amide bonds. The maximum Gasteiger partial charge on any atom is 0.253 e. The number of halogens is 1. The molecule has 4 nitrogen and oxygen atoms in total. The summed E-state index contributed by atoms with van der Waals surface area (Å²) in [4.78, 5) is 28.4. The van der Waals surface area contributed by atoms with Crippen molar-refractivity contribution < 1.29 is 9.59 Å². The molecule has 120 valence electrons. The third-order valence-corrected chi connectivity index (χ3v) is 4.36. The first-order chi connectivity index (χ1) is 10.5. The number of benzene rings is 1. The zero-order valence-corrected chi connectivity index (χ0v) is 14.0. The molecule has 0 aliphatic carbocycles. The van der Waals surface area contributed by atoms with Crippen LogP contribution in [0.5, 0.6) is 0 Å². The Morgan fingerprint density at radius 1 is 1.09 bits per heavy atom. The number of carbonyl (C=O) groups excluding carboxylic acids is 2. The van der Waals surface area contributed by atoms with Crippen LogP contribution in [0.3, 0.4) is 0 Å². The summed E-state index contributed by atoms with van der Waals surface area (Å²) >= 11 is 5.84. The van der Waals surface area contributed by atoms with Gasteiger partial charge in [-0.15, -0.1) is 0 Å². The van der Waals surface area contributed by atoms with Gasteiger partial charge in [-0.05, 0) is 30.7 Å². The Bertz CT molecular complexity index is 522. The van der Waals surface area contributed by atoms with Gasteiger partial charge in [0.15, 0.2) is 0 Å². The van der Waals surface area contributed by atoms with Crippen molar-refractivity contribution in [2.75, 3.05) is 26.2 Å². The summed E-state index contributed by atoms with van der Waals surface area (Å²) in [5, 5.41) is 0.622. The van der Waals surface area contributed by atoms with Crippen LogP contribution in [0.4, 0.5) is 0 Å². The van der Waals surface area contributed by atoms with Crippen molar-refractivity contribution in [3.8, 4) is 0 Å². The Morgan fingerprint density at radius 2 is 1.64 bits per heavy atom. The minimum Gasteiger partial charge on any atom is -0.339 e. The van der Waals surface area contributed by atoms with E-state index in [4.69, 9.17) is 11.6 Å². The average molecular weight is 323 g/mol. The molecule has 0 N–H and O–H groups in total. The first-order valence-corrected chi connectivity index (χ1v) is 8.24. The summed E-state index contributed by atoms with van der Waals surface area (Å²) in [6.07, 6.45) is 1.94. The van der Waals surface area contributed by atoms with Gasteiger partial charge in [-0.1, -0.05) is 31.9 Å². The van der Waals surface area contributed by atoms with Gasteiger partial charge in [0.05, 0.1) is 0 Å². The normalized spacial score (nSPS) is 16.5. The van der Waals surface area contributed by atoms with E-state index in [9.17, 15) is 9.59 Å². The molecule has 1 saturated heterocycles. The molecule has 1 atom stereocenters. The summed E-state index contributed by atoms with van der Waals surface area (Å²) < 4.78 is 0. The lowest BCUT2D eigenvalue weighted by Gasteiger charge is -2.36. The molecule has 0 spiro atoms. The van der Waals surface area contributed by atoms with Crippen LogP contribution >= 0.6 is 11.6 Å². The zero-order valence-electron chi connectivity index (χ0n) is 13.2. The van der Waals surface area contributed by atoms with Crippen LogP contribution in [0.2, 0.25) is 5.02 Å². The van der Waals surface area contributed by atoms with Crippen LogP contribution in [0.25, 0.3) is 0 Å². The molecule has 1 unspecified atom stereocenters. The molecule has 1 aromatic rings. The van der Waals surface area contributed by atoms with Gasteiger partial charge in [0.1, 0.15) is 0 Å². The average Bonchev–Trinajstić information content (AvgIpc) is 2.54. The fraction of sp³-hybridized carbons (Fsp3) is 0.529. The molecule has 1 aromatic carbocycles. The fourth-order valence-electron chi connectivity index (χ4n) is 2.77. The maximum atomic E-state index is 12.4.